The van der Waals surface area contributed by atoms with E-state index >= 15 is 0 Å². The van der Waals surface area contributed by atoms with Crippen LogP contribution in [0.2, 0.25) is 0 Å². The Morgan fingerprint density at radius 2 is 2.25 bits per heavy atom. The number of hydrogen-bond donors (Lipinski definition) is 0. The summed E-state index contributed by atoms with van der Waals surface area (Å²) in [5.41, 5.74) is 1.02. The van der Waals surface area contributed by atoms with Crippen LogP contribution >= 0.6 is 0 Å². The number of aryl methyl sites for hydroxylation is 1. The molecule has 5 nitrogen and oxygen atoms in total. The minimum atomic E-state index is 0.261. The van der Waals surface area contributed by atoms with E-state index in [2.05, 4.69) is 26.8 Å². The van der Waals surface area contributed by atoms with Crippen LogP contribution < -0.4 is 4.90 Å². The second-order valence-electron chi connectivity index (χ2n) is 6.10. The molecule has 2 fully saturated rings. The molecule has 1 aromatic rings. The van der Waals surface area contributed by atoms with Crippen LogP contribution in [0.3, 0.4) is 0 Å². The van der Waals surface area contributed by atoms with Crippen LogP contribution in [-0.4, -0.2) is 60.8 Å². The molecule has 0 aromatic carbocycles. The molecular weight excluding hydrogens is 252 g/mol. The van der Waals surface area contributed by atoms with E-state index in [4.69, 9.17) is 4.74 Å². The first-order chi connectivity index (χ1) is 9.70. The van der Waals surface area contributed by atoms with Gasteiger partial charge in [-0.15, -0.1) is 0 Å². The Hall–Kier alpha value is -1.20. The van der Waals surface area contributed by atoms with Gasteiger partial charge in [0.2, 0.25) is 5.95 Å². The van der Waals surface area contributed by atoms with E-state index in [1.165, 1.54) is 19.4 Å². The van der Waals surface area contributed by atoms with Crippen LogP contribution in [0.1, 0.15) is 18.5 Å². The van der Waals surface area contributed by atoms with Gasteiger partial charge in [-0.05, 0) is 38.8 Å². The SMILES string of the molecule is Cc1ccnc(N2CCO[C@H](CN(C)CC3CC3)C2)n1. The number of morpholine rings is 1. The van der Waals surface area contributed by atoms with E-state index in [0.29, 0.717) is 0 Å². The summed E-state index contributed by atoms with van der Waals surface area (Å²) in [6, 6.07) is 1.94. The van der Waals surface area contributed by atoms with Gasteiger partial charge in [0.1, 0.15) is 0 Å². The molecule has 3 rings (SSSR count). The van der Waals surface area contributed by atoms with Crippen molar-refractivity contribution in [3.63, 3.8) is 0 Å². The normalized spacial score (nSPS) is 23.4. The van der Waals surface area contributed by atoms with Crippen molar-refractivity contribution in [2.45, 2.75) is 25.9 Å². The Bertz CT molecular complexity index is 449. The quantitative estimate of drug-likeness (QED) is 0.811. The summed E-state index contributed by atoms with van der Waals surface area (Å²) in [4.78, 5) is 13.5. The topological polar surface area (TPSA) is 41.5 Å². The fourth-order valence-electron chi connectivity index (χ4n) is 2.76. The van der Waals surface area contributed by atoms with Crippen molar-refractivity contribution in [3.8, 4) is 0 Å². The van der Waals surface area contributed by atoms with Gasteiger partial charge in [0, 0.05) is 38.1 Å². The van der Waals surface area contributed by atoms with Gasteiger partial charge >= 0.3 is 0 Å². The zero-order valence-electron chi connectivity index (χ0n) is 12.5. The largest absolute Gasteiger partial charge is 0.373 e. The van der Waals surface area contributed by atoms with Crippen LogP contribution in [0.4, 0.5) is 5.95 Å². The third kappa shape index (κ3) is 3.67. The third-order valence-corrected chi connectivity index (χ3v) is 3.99. The highest BCUT2D eigenvalue weighted by Gasteiger charge is 2.27. The highest BCUT2D eigenvalue weighted by molar-refractivity contribution is 5.30. The lowest BCUT2D eigenvalue weighted by Gasteiger charge is -2.34. The molecule has 0 radical (unpaired) electrons. The molecule has 5 heteroatoms. The maximum atomic E-state index is 5.89. The Kier molecular flexibility index (Phi) is 4.17. The summed E-state index contributed by atoms with van der Waals surface area (Å²) >= 11 is 0. The Labute approximate surface area is 121 Å². The number of aromatic nitrogens is 2. The number of anilines is 1. The summed E-state index contributed by atoms with van der Waals surface area (Å²) in [6.07, 6.45) is 4.90. The highest BCUT2D eigenvalue weighted by Crippen LogP contribution is 2.29. The predicted octanol–water partition coefficient (Wildman–Crippen LogP) is 1.33. The van der Waals surface area contributed by atoms with Crippen molar-refractivity contribution >= 4 is 5.95 Å². The molecule has 1 aliphatic heterocycles. The molecule has 0 unspecified atom stereocenters. The molecule has 1 saturated carbocycles. The van der Waals surface area contributed by atoms with E-state index in [0.717, 1.165) is 43.8 Å². The van der Waals surface area contributed by atoms with Crippen LogP contribution in [0, 0.1) is 12.8 Å². The molecule has 0 N–H and O–H groups in total. The first kappa shape index (κ1) is 13.8. The number of nitrogens with zero attached hydrogens (tertiary/aromatic N) is 4. The number of likely N-dealkylation sites (N-methyl/N-ethyl adjacent to an activating group) is 1. The first-order valence-corrected chi connectivity index (χ1v) is 7.55. The van der Waals surface area contributed by atoms with Crippen molar-refractivity contribution < 1.29 is 4.74 Å². The molecule has 2 heterocycles. The van der Waals surface area contributed by atoms with Gasteiger partial charge in [0.25, 0.3) is 0 Å². The third-order valence-electron chi connectivity index (χ3n) is 3.99. The smallest absolute Gasteiger partial charge is 0.225 e. The molecule has 1 aromatic heterocycles. The fraction of sp³-hybridized carbons (Fsp3) is 0.733. The zero-order chi connectivity index (χ0) is 13.9. The summed E-state index contributed by atoms with van der Waals surface area (Å²) in [7, 11) is 2.20. The van der Waals surface area contributed by atoms with E-state index in [1.807, 2.05) is 19.2 Å². The average Bonchev–Trinajstić information content (AvgIpc) is 3.23. The highest BCUT2D eigenvalue weighted by atomic mass is 16.5. The number of hydrogen-bond acceptors (Lipinski definition) is 5. The van der Waals surface area contributed by atoms with Gasteiger partial charge in [-0.2, -0.15) is 0 Å². The van der Waals surface area contributed by atoms with Gasteiger partial charge in [0.15, 0.2) is 0 Å². The number of ether oxygens (including phenoxy) is 1. The fourth-order valence-corrected chi connectivity index (χ4v) is 2.76. The Morgan fingerprint density at radius 3 is 3.00 bits per heavy atom. The lowest BCUT2D eigenvalue weighted by molar-refractivity contribution is 0.0194. The first-order valence-electron chi connectivity index (χ1n) is 7.55. The monoisotopic (exact) mass is 276 g/mol. The summed E-state index contributed by atoms with van der Waals surface area (Å²) < 4.78 is 5.89. The van der Waals surface area contributed by atoms with Crippen molar-refractivity contribution in [1.29, 1.82) is 0 Å². The molecular formula is C15H24N4O. The van der Waals surface area contributed by atoms with Crippen molar-refractivity contribution in [2.24, 2.45) is 5.92 Å². The van der Waals surface area contributed by atoms with Gasteiger partial charge in [0.05, 0.1) is 12.7 Å². The van der Waals surface area contributed by atoms with Crippen molar-refractivity contribution in [3.05, 3.63) is 18.0 Å². The Morgan fingerprint density at radius 1 is 1.40 bits per heavy atom. The molecule has 0 spiro atoms. The van der Waals surface area contributed by atoms with Crippen LogP contribution in [0.15, 0.2) is 12.3 Å². The predicted molar refractivity (Wildman–Crippen MR) is 78.9 cm³/mol. The van der Waals surface area contributed by atoms with E-state index in [-0.39, 0.29) is 6.10 Å². The van der Waals surface area contributed by atoms with Crippen molar-refractivity contribution in [2.75, 3.05) is 44.7 Å². The molecule has 1 saturated heterocycles. The Balaban J connectivity index is 1.55. The van der Waals surface area contributed by atoms with Gasteiger partial charge in [-0.25, -0.2) is 9.97 Å². The standard InChI is InChI=1S/C15H24N4O/c1-12-5-6-16-15(17-12)19-7-8-20-14(11-19)10-18(2)9-13-3-4-13/h5-6,13-14H,3-4,7-11H2,1-2H3/t14-/m1/s1. The summed E-state index contributed by atoms with van der Waals surface area (Å²) in [5, 5.41) is 0. The van der Waals surface area contributed by atoms with Crippen molar-refractivity contribution in [1.82, 2.24) is 14.9 Å². The lowest BCUT2D eigenvalue weighted by Crippen LogP contribution is -2.47. The minimum absolute atomic E-state index is 0.261. The molecule has 0 bridgehead atoms. The van der Waals surface area contributed by atoms with Gasteiger partial charge in [-0.3, -0.25) is 0 Å². The summed E-state index contributed by atoms with van der Waals surface area (Å²) in [5.74, 6) is 1.77. The number of rotatable bonds is 5. The van der Waals surface area contributed by atoms with Gasteiger partial charge in [-0.1, -0.05) is 0 Å². The maximum absolute atomic E-state index is 5.89. The molecule has 2 aliphatic rings. The van der Waals surface area contributed by atoms with Gasteiger partial charge < -0.3 is 14.5 Å². The molecule has 110 valence electrons. The summed E-state index contributed by atoms with van der Waals surface area (Å²) in [6.45, 7) is 6.75. The van der Waals surface area contributed by atoms with E-state index in [9.17, 15) is 0 Å². The van der Waals surface area contributed by atoms with Crippen LogP contribution in [-0.2, 0) is 4.74 Å². The second-order valence-corrected chi connectivity index (χ2v) is 6.10. The molecule has 0 amide bonds. The zero-order valence-corrected chi connectivity index (χ0v) is 12.5. The van der Waals surface area contributed by atoms with Crippen LogP contribution in [0.25, 0.3) is 0 Å². The van der Waals surface area contributed by atoms with E-state index in [1.54, 1.807) is 0 Å². The second kappa shape index (κ2) is 6.06. The molecule has 1 aliphatic carbocycles. The average molecular weight is 276 g/mol. The van der Waals surface area contributed by atoms with Crippen LogP contribution in [0.5, 0.6) is 0 Å². The lowest BCUT2D eigenvalue weighted by atomic mass is 10.2. The molecule has 20 heavy (non-hydrogen) atoms. The maximum Gasteiger partial charge on any atom is 0.225 e. The molecule has 1 atom stereocenters. The minimum Gasteiger partial charge on any atom is -0.373 e. The van der Waals surface area contributed by atoms with E-state index < -0.39 is 0 Å².